The Morgan fingerprint density at radius 3 is 1.13 bits per heavy atom. The molecule has 15 heavy (non-hydrogen) atoms. The van der Waals surface area contributed by atoms with Crippen LogP contribution in [-0.4, -0.2) is 0 Å². The van der Waals surface area contributed by atoms with Gasteiger partial charge in [0.1, 0.15) is 0 Å². The molecule has 0 amide bonds. The van der Waals surface area contributed by atoms with Gasteiger partial charge in [-0.2, -0.15) is 0 Å². The molecule has 0 nitrogen and oxygen atoms in total. The van der Waals surface area contributed by atoms with E-state index in [4.69, 9.17) is 0 Å². The molecule has 0 bridgehead atoms. The minimum absolute atomic E-state index is 0.507. The van der Waals surface area contributed by atoms with Crippen LogP contribution in [0.25, 0.3) is 0 Å². The molecule has 0 aliphatic heterocycles. The molecule has 0 unspecified atom stereocenters. The van der Waals surface area contributed by atoms with Crippen LogP contribution in [0.5, 0.6) is 0 Å². The third kappa shape index (κ3) is 5.04. The highest BCUT2D eigenvalue weighted by molar-refractivity contribution is 4.76. The van der Waals surface area contributed by atoms with E-state index in [2.05, 4.69) is 55.4 Å². The van der Waals surface area contributed by atoms with Crippen molar-refractivity contribution in [1.29, 1.82) is 0 Å². The predicted octanol–water partition coefficient (Wildman–Crippen LogP) is 5.52. The third-order valence-electron chi connectivity index (χ3n) is 4.77. The monoisotopic (exact) mass is 212 g/mol. The van der Waals surface area contributed by atoms with Crippen LogP contribution >= 0.6 is 0 Å². The Kier molecular flexibility index (Phi) is 5.37. The zero-order valence-electron chi connectivity index (χ0n) is 12.3. The normalized spacial score (nSPS) is 14.0. The summed E-state index contributed by atoms with van der Waals surface area (Å²) in [5.41, 5.74) is 1.01. The average Bonchev–Trinajstić information content (AvgIpc) is 2.02. The molecule has 0 heterocycles. The van der Waals surface area contributed by atoms with Crippen LogP contribution in [0.15, 0.2) is 0 Å². The Balaban J connectivity index is 4.00. The first-order valence-electron chi connectivity index (χ1n) is 6.59. The minimum Gasteiger partial charge on any atom is -0.0623 e. The second kappa shape index (κ2) is 5.37. The van der Waals surface area contributed by atoms with Gasteiger partial charge < -0.3 is 0 Å². The summed E-state index contributed by atoms with van der Waals surface area (Å²) in [5, 5.41) is 0. The van der Waals surface area contributed by atoms with Gasteiger partial charge in [0.15, 0.2) is 0 Å². The topological polar surface area (TPSA) is 0 Å². The predicted molar refractivity (Wildman–Crippen MR) is 71.1 cm³/mol. The molecule has 0 saturated carbocycles. The van der Waals surface area contributed by atoms with Gasteiger partial charge in [-0.3, -0.25) is 0 Å². The molecule has 0 saturated heterocycles. The van der Waals surface area contributed by atoms with Crippen molar-refractivity contribution < 1.29 is 0 Å². The maximum absolute atomic E-state index is 2.40. The van der Waals surface area contributed by atoms with E-state index in [1.54, 1.807) is 0 Å². The number of hydrogen-bond acceptors (Lipinski definition) is 0. The molecule has 0 radical (unpaired) electrons. The molecule has 0 atom stereocenters. The summed E-state index contributed by atoms with van der Waals surface area (Å²) >= 11 is 0. The molecule has 0 aliphatic rings. The van der Waals surface area contributed by atoms with Crippen LogP contribution in [0.2, 0.25) is 0 Å². The first-order chi connectivity index (χ1) is 6.59. The summed E-state index contributed by atoms with van der Waals surface area (Å²) in [6.45, 7) is 19.0. The van der Waals surface area contributed by atoms with Crippen molar-refractivity contribution >= 4 is 0 Å². The summed E-state index contributed by atoms with van der Waals surface area (Å²) in [4.78, 5) is 0. The Morgan fingerprint density at radius 2 is 0.933 bits per heavy atom. The Morgan fingerprint density at radius 1 is 0.667 bits per heavy atom. The lowest BCUT2D eigenvalue weighted by molar-refractivity contribution is 0.178. The van der Waals surface area contributed by atoms with Crippen molar-refractivity contribution in [2.75, 3.05) is 0 Å². The van der Waals surface area contributed by atoms with Crippen LogP contribution in [0.4, 0.5) is 0 Å². The molecule has 0 aliphatic carbocycles. The second-order valence-corrected chi connectivity index (χ2v) is 7.14. The first kappa shape index (κ1) is 15.0. The third-order valence-corrected chi connectivity index (χ3v) is 4.77. The molecule has 0 fully saturated rings. The van der Waals surface area contributed by atoms with Gasteiger partial charge in [0.25, 0.3) is 0 Å². The lowest BCUT2D eigenvalue weighted by atomic mass is 9.72. The highest BCUT2D eigenvalue weighted by Gasteiger charge is 2.25. The Labute approximate surface area is 97.8 Å². The first-order valence-corrected chi connectivity index (χ1v) is 6.59. The fourth-order valence-electron chi connectivity index (χ4n) is 1.58. The second-order valence-electron chi connectivity index (χ2n) is 7.14. The summed E-state index contributed by atoms with van der Waals surface area (Å²) in [5.74, 6) is 1.58. The van der Waals surface area contributed by atoms with E-state index >= 15 is 0 Å². The maximum atomic E-state index is 2.40. The van der Waals surface area contributed by atoms with E-state index in [-0.39, 0.29) is 0 Å². The van der Waals surface area contributed by atoms with Gasteiger partial charge in [-0.25, -0.2) is 0 Å². The fourth-order valence-corrected chi connectivity index (χ4v) is 1.58. The van der Waals surface area contributed by atoms with Gasteiger partial charge in [-0.1, -0.05) is 61.8 Å². The van der Waals surface area contributed by atoms with Gasteiger partial charge in [0.2, 0.25) is 0 Å². The van der Waals surface area contributed by atoms with E-state index in [0.717, 1.165) is 11.8 Å². The SMILES string of the molecule is CC(C)C(C)(C)CCCC(C)(C)C(C)C. The molecule has 0 aromatic rings. The Bertz CT molecular complexity index is 152. The molecular weight excluding hydrogens is 180 g/mol. The van der Waals surface area contributed by atoms with Gasteiger partial charge in [-0.05, 0) is 35.5 Å². The van der Waals surface area contributed by atoms with E-state index < -0.39 is 0 Å². The fraction of sp³-hybridized carbons (Fsp3) is 1.00. The smallest absolute Gasteiger partial charge is 0.0331 e. The molecule has 0 heteroatoms. The summed E-state index contributed by atoms with van der Waals surface area (Å²) in [6, 6.07) is 0. The highest BCUT2D eigenvalue weighted by atomic mass is 14.3. The lowest BCUT2D eigenvalue weighted by Gasteiger charge is -2.33. The zero-order chi connectivity index (χ0) is 12.3. The molecule has 0 aromatic heterocycles. The molecule has 0 aromatic carbocycles. The van der Waals surface area contributed by atoms with Gasteiger partial charge in [-0.15, -0.1) is 0 Å². The van der Waals surface area contributed by atoms with Crippen molar-refractivity contribution in [3.63, 3.8) is 0 Å². The Hall–Kier alpha value is 0. The van der Waals surface area contributed by atoms with E-state index in [0.29, 0.717) is 10.8 Å². The van der Waals surface area contributed by atoms with E-state index in [9.17, 15) is 0 Å². The molecular formula is C15H32. The van der Waals surface area contributed by atoms with Crippen LogP contribution in [0.1, 0.15) is 74.7 Å². The molecule has 0 N–H and O–H groups in total. The summed E-state index contributed by atoms with van der Waals surface area (Å²) < 4.78 is 0. The van der Waals surface area contributed by atoms with Crippen molar-refractivity contribution in [3.8, 4) is 0 Å². The van der Waals surface area contributed by atoms with E-state index in [1.807, 2.05) is 0 Å². The van der Waals surface area contributed by atoms with Crippen LogP contribution in [-0.2, 0) is 0 Å². The van der Waals surface area contributed by atoms with Crippen molar-refractivity contribution in [1.82, 2.24) is 0 Å². The van der Waals surface area contributed by atoms with Gasteiger partial charge in [0, 0.05) is 0 Å². The lowest BCUT2D eigenvalue weighted by Crippen LogP contribution is -2.22. The van der Waals surface area contributed by atoms with Gasteiger partial charge >= 0.3 is 0 Å². The van der Waals surface area contributed by atoms with Crippen LogP contribution in [0.3, 0.4) is 0 Å². The standard InChI is InChI=1S/C15H32/c1-12(2)14(5,6)10-9-11-15(7,8)13(3)4/h12-13H,9-11H2,1-8H3. The highest BCUT2D eigenvalue weighted by Crippen LogP contribution is 2.37. The quantitative estimate of drug-likeness (QED) is 0.543. The molecule has 92 valence electrons. The molecule has 0 rings (SSSR count). The molecule has 0 spiro atoms. The number of hydrogen-bond donors (Lipinski definition) is 0. The average molecular weight is 212 g/mol. The van der Waals surface area contributed by atoms with E-state index in [1.165, 1.54) is 19.3 Å². The van der Waals surface area contributed by atoms with Crippen LogP contribution in [0, 0.1) is 22.7 Å². The van der Waals surface area contributed by atoms with Crippen molar-refractivity contribution in [2.24, 2.45) is 22.7 Å². The van der Waals surface area contributed by atoms with Crippen molar-refractivity contribution in [3.05, 3.63) is 0 Å². The van der Waals surface area contributed by atoms with Gasteiger partial charge in [0.05, 0.1) is 0 Å². The zero-order valence-corrected chi connectivity index (χ0v) is 12.3. The van der Waals surface area contributed by atoms with Crippen LogP contribution < -0.4 is 0 Å². The largest absolute Gasteiger partial charge is 0.0623 e. The van der Waals surface area contributed by atoms with Crippen molar-refractivity contribution in [2.45, 2.75) is 74.7 Å². The minimum atomic E-state index is 0.507. The number of rotatable bonds is 6. The summed E-state index contributed by atoms with van der Waals surface area (Å²) in [7, 11) is 0. The maximum Gasteiger partial charge on any atom is -0.0331 e. The summed E-state index contributed by atoms with van der Waals surface area (Å²) in [6.07, 6.45) is 4.10.